The van der Waals surface area contributed by atoms with Crippen molar-refractivity contribution in [2.45, 2.75) is 12.6 Å². The number of allylic oxidation sites excluding steroid dienone is 2. The van der Waals surface area contributed by atoms with Crippen LogP contribution in [-0.2, 0) is 67.9 Å². The van der Waals surface area contributed by atoms with Gasteiger partial charge in [-0.25, -0.2) is 0 Å². The quantitative estimate of drug-likeness (QED) is 0.461. The van der Waals surface area contributed by atoms with Gasteiger partial charge in [-0.15, -0.1) is 11.3 Å². The molecule has 1 aromatic rings. The molecule has 26 heavy (non-hydrogen) atoms. The van der Waals surface area contributed by atoms with E-state index < -0.39 is 6.18 Å². The van der Waals surface area contributed by atoms with Gasteiger partial charge in [0.05, 0.1) is 6.08 Å². The molecule has 0 bridgehead atoms. The second-order valence-electron chi connectivity index (χ2n) is 2.06. The van der Waals surface area contributed by atoms with Crippen molar-refractivity contribution < 1.29 is 74.6 Å². The van der Waals surface area contributed by atoms with Gasteiger partial charge in [0, 0.05) is 44.9 Å². The molecule has 0 atom stereocenters. The number of hydrogen-bond acceptors (Lipinski definition) is 1. The van der Waals surface area contributed by atoms with Crippen LogP contribution in [0.1, 0.15) is 4.88 Å². The molecule has 1 rings (SSSR count). The van der Waals surface area contributed by atoms with Crippen molar-refractivity contribution in [2.75, 3.05) is 0 Å². The van der Waals surface area contributed by atoms with Crippen LogP contribution in [0.4, 0.5) is 13.2 Å². The van der Waals surface area contributed by atoms with Crippen LogP contribution in [0.3, 0.4) is 0 Å². The van der Waals surface area contributed by atoms with E-state index in [1.54, 1.807) is 12.1 Å². The summed E-state index contributed by atoms with van der Waals surface area (Å²) in [5.74, 6) is 0. The first-order valence-corrected chi connectivity index (χ1v) is 5.27. The summed E-state index contributed by atoms with van der Waals surface area (Å²) in [6.07, 6.45) is -0.906. The van der Waals surface area contributed by atoms with Gasteiger partial charge in [-0.1, -0.05) is 6.07 Å². The molecule has 0 aliphatic rings. The van der Waals surface area contributed by atoms with E-state index in [1.807, 2.05) is 5.38 Å². The summed E-state index contributed by atoms with van der Waals surface area (Å²) >= 11 is 1.40. The summed E-state index contributed by atoms with van der Waals surface area (Å²) in [5.41, 5.74) is 0. The molecule has 0 saturated carbocycles. The van der Waals surface area contributed by atoms with Crippen molar-refractivity contribution in [1.82, 2.24) is 0 Å². The summed E-state index contributed by atoms with van der Waals surface area (Å²) in [7, 11) is 0. The second kappa shape index (κ2) is 56.5. The Bertz CT molecular complexity index is 442. The van der Waals surface area contributed by atoms with Crippen molar-refractivity contribution in [1.29, 1.82) is 0 Å². The maximum absolute atomic E-state index is 11.5. The second-order valence-corrected chi connectivity index (χ2v) is 3.09. The van der Waals surface area contributed by atoms with Gasteiger partial charge in [-0.05, 0) is 17.5 Å². The summed E-state index contributed by atoms with van der Waals surface area (Å²) in [6.45, 7) is 27.0. The molecule has 1 heterocycles. The van der Waals surface area contributed by atoms with Gasteiger partial charge in [0.25, 0.3) is 0 Å². The Balaban J connectivity index is -0.0000000332. The van der Waals surface area contributed by atoms with Crippen LogP contribution >= 0.6 is 11.3 Å². The monoisotopic (exact) mass is 476 g/mol. The topological polar surface area (TPSA) is 119 Å². The summed E-state index contributed by atoms with van der Waals surface area (Å²) in [4.78, 5) is 0.853. The fraction of sp³-hybridized carbons (Fsp3) is 0.143. The van der Waals surface area contributed by atoms with Crippen LogP contribution in [0.15, 0.2) is 17.5 Å². The van der Waals surface area contributed by atoms with Crippen molar-refractivity contribution in [2.24, 2.45) is 0 Å². The fourth-order valence-electron chi connectivity index (χ4n) is 0.645. The van der Waals surface area contributed by atoms with Gasteiger partial charge in [-0.3, -0.25) is 0 Å². The first-order valence-electron chi connectivity index (χ1n) is 4.39. The van der Waals surface area contributed by atoms with Gasteiger partial charge in [-0.2, -0.15) is 13.2 Å². The molecule has 0 unspecified atom stereocenters. The van der Waals surface area contributed by atoms with Gasteiger partial charge >= 0.3 is 74.0 Å². The Hall–Kier alpha value is -1.32. The molecule has 0 aliphatic carbocycles. The van der Waals surface area contributed by atoms with E-state index in [-0.39, 0.29) is 40.0 Å². The molecule has 0 aliphatic heterocycles. The number of halogens is 3. The molecular formula is C14H5Co2F3O6S. The number of thiophene rings is 1. The maximum Gasteiger partial charge on any atom is 0 e. The summed E-state index contributed by atoms with van der Waals surface area (Å²) < 4.78 is 79.5. The molecule has 0 amide bonds. The fourth-order valence-corrected chi connectivity index (χ4v) is 1.29. The Labute approximate surface area is 172 Å². The van der Waals surface area contributed by atoms with Crippen molar-refractivity contribution in [3.8, 4) is 0 Å². The molecule has 0 spiro atoms. The van der Waals surface area contributed by atoms with Crippen LogP contribution < -0.4 is 0 Å². The Morgan fingerprint density at radius 3 is 1.38 bits per heavy atom. The van der Waals surface area contributed by atoms with Gasteiger partial charge in [0.2, 0.25) is 0 Å². The molecule has 0 N–H and O–H groups in total. The smallest absolute Gasteiger partial charge is 0 e. The van der Waals surface area contributed by atoms with Gasteiger partial charge in [0.15, 0.2) is 0 Å². The number of rotatable bonds is 2. The Morgan fingerprint density at radius 2 is 1.15 bits per heavy atom. The van der Waals surface area contributed by atoms with E-state index in [0.29, 0.717) is 0 Å². The SMILES string of the molecule is FC(F)(F)[C]=[C]Cc1cccs1.[C-]#[O+].[C-]#[O+].[C-]#[O+].[C-]#[O+].[C-]#[O+].[C-]#[O+].[Co].[Co]. The van der Waals surface area contributed by atoms with Gasteiger partial charge < -0.3 is 0 Å². The molecule has 0 saturated heterocycles. The largest absolute Gasteiger partial charge is 0 e. The first-order chi connectivity index (χ1) is 11.6. The van der Waals surface area contributed by atoms with E-state index in [2.05, 4.69) is 46.0 Å². The average molecular weight is 476 g/mol. The van der Waals surface area contributed by atoms with Crippen molar-refractivity contribution in [3.05, 3.63) is 74.4 Å². The standard InChI is InChI=1S/C8H5F3S.6CO.2Co/c9-8(10,11)5-1-3-7-4-2-6-12-7;6*1-2;;/h2,4,6H,3H2;;;;;;;;. The molecule has 12 heteroatoms. The van der Waals surface area contributed by atoms with Crippen LogP contribution in [-0.4, -0.2) is 6.18 Å². The molecule has 0 fully saturated rings. The first kappa shape index (κ1) is 49.7. The molecule has 6 nitrogen and oxygen atoms in total. The third-order valence-electron chi connectivity index (χ3n) is 1.07. The zero-order valence-corrected chi connectivity index (χ0v) is 15.0. The third kappa shape index (κ3) is 66.3. The van der Waals surface area contributed by atoms with Crippen molar-refractivity contribution >= 4 is 11.3 Å². The average Bonchev–Trinajstić information content (AvgIpc) is 3.18. The minimum Gasteiger partial charge on any atom is 0 e. The van der Waals surface area contributed by atoms with E-state index in [0.717, 1.165) is 4.88 Å². The summed E-state index contributed by atoms with van der Waals surface area (Å²) in [5, 5.41) is 1.81. The predicted molar refractivity (Wildman–Crippen MR) is 64.1 cm³/mol. The van der Waals surface area contributed by atoms with Crippen LogP contribution in [0.5, 0.6) is 0 Å². The molecule has 1 aromatic heterocycles. The summed E-state index contributed by atoms with van der Waals surface area (Å²) in [6, 6.07) is 3.55. The van der Waals surface area contributed by atoms with Gasteiger partial charge in [0.1, 0.15) is 0 Å². The zero-order chi connectivity index (χ0) is 21.0. The normalized spacial score (nSPS) is 6.27. The minimum atomic E-state index is -4.36. The van der Waals surface area contributed by atoms with E-state index in [1.165, 1.54) is 17.4 Å². The van der Waals surface area contributed by atoms with E-state index in [9.17, 15) is 13.2 Å². The maximum atomic E-state index is 11.5. The Morgan fingerprint density at radius 1 is 0.808 bits per heavy atom. The minimum absolute atomic E-state index is 0. The molecular weight excluding hydrogens is 471 g/mol. The molecule has 4 radical (unpaired) electrons. The molecule has 0 aromatic carbocycles. The molecule has 142 valence electrons. The predicted octanol–water partition coefficient (Wildman–Crippen LogP) is 2.79. The number of hydrogen-bond donors (Lipinski definition) is 0. The third-order valence-corrected chi connectivity index (χ3v) is 1.95. The van der Waals surface area contributed by atoms with E-state index >= 15 is 0 Å². The van der Waals surface area contributed by atoms with Crippen LogP contribution in [0, 0.1) is 52.1 Å². The van der Waals surface area contributed by atoms with Crippen molar-refractivity contribution in [3.63, 3.8) is 0 Å². The van der Waals surface area contributed by atoms with Crippen LogP contribution in [0.25, 0.3) is 0 Å². The van der Waals surface area contributed by atoms with Crippen LogP contribution in [0.2, 0.25) is 0 Å². The van der Waals surface area contributed by atoms with E-state index in [4.69, 9.17) is 27.9 Å². The Kier molecular flexibility index (Phi) is 108. The zero-order valence-electron chi connectivity index (χ0n) is 12.1. The number of alkyl halides is 3.